The third-order valence-electron chi connectivity index (χ3n) is 2.66. The van der Waals surface area contributed by atoms with Crippen LogP contribution in [0.25, 0.3) is 0 Å². The second kappa shape index (κ2) is 4.87. The zero-order chi connectivity index (χ0) is 13.3. The van der Waals surface area contributed by atoms with Crippen molar-refractivity contribution < 1.29 is 19.8 Å². The molecule has 2 heterocycles. The van der Waals surface area contributed by atoms with Crippen LogP contribution >= 0.6 is 11.6 Å². The van der Waals surface area contributed by atoms with Crippen LogP contribution in [0.3, 0.4) is 0 Å². The molecule has 18 heavy (non-hydrogen) atoms. The standard InChI is InChI=1S/C10H10ClN3O4/c11-8-3-12-6(2-13-8)9(16)14-4-5(15)1-7(14)10(17)18/h2-3,5,7,15H,1,4H2,(H,17,18)/t5-,7-/m0/s1. The molecule has 0 unspecified atom stereocenters. The van der Waals surface area contributed by atoms with Crippen LogP contribution in [0.4, 0.5) is 0 Å². The summed E-state index contributed by atoms with van der Waals surface area (Å²) in [7, 11) is 0. The Balaban J connectivity index is 2.22. The number of halogens is 1. The van der Waals surface area contributed by atoms with E-state index in [0.717, 1.165) is 4.90 Å². The fraction of sp³-hybridized carbons (Fsp3) is 0.400. The van der Waals surface area contributed by atoms with Gasteiger partial charge in [-0.1, -0.05) is 11.6 Å². The molecule has 0 saturated carbocycles. The first-order chi connectivity index (χ1) is 8.49. The summed E-state index contributed by atoms with van der Waals surface area (Å²) in [5.74, 6) is -1.73. The van der Waals surface area contributed by atoms with Gasteiger partial charge in [-0.05, 0) is 0 Å². The van der Waals surface area contributed by atoms with Gasteiger partial charge in [0.1, 0.15) is 16.9 Å². The third-order valence-corrected chi connectivity index (χ3v) is 2.86. The molecule has 0 bridgehead atoms. The van der Waals surface area contributed by atoms with Crippen LogP contribution in [0.1, 0.15) is 16.9 Å². The van der Waals surface area contributed by atoms with E-state index in [4.69, 9.17) is 16.7 Å². The van der Waals surface area contributed by atoms with Crippen LogP contribution in [-0.4, -0.2) is 55.6 Å². The summed E-state index contributed by atoms with van der Waals surface area (Å²) >= 11 is 5.55. The Morgan fingerprint density at radius 1 is 1.39 bits per heavy atom. The van der Waals surface area contributed by atoms with Gasteiger partial charge in [0.05, 0.1) is 18.5 Å². The number of carbonyl (C=O) groups is 2. The van der Waals surface area contributed by atoms with Gasteiger partial charge in [-0.2, -0.15) is 0 Å². The number of nitrogens with zero attached hydrogens (tertiary/aromatic N) is 3. The number of carboxylic acid groups (broad SMARTS) is 1. The first kappa shape index (κ1) is 12.7. The van der Waals surface area contributed by atoms with E-state index in [1.807, 2.05) is 0 Å². The van der Waals surface area contributed by atoms with Crippen molar-refractivity contribution in [3.63, 3.8) is 0 Å². The molecular weight excluding hydrogens is 262 g/mol. The number of rotatable bonds is 2. The number of β-amino-alcohol motifs (C(OH)–C–C–N with tert-alkyl or cyclic N) is 1. The molecule has 0 spiro atoms. The second-order valence-corrected chi connectivity index (χ2v) is 4.31. The minimum absolute atomic E-state index is 0.000231. The lowest BCUT2D eigenvalue weighted by Gasteiger charge is -2.20. The highest BCUT2D eigenvalue weighted by Crippen LogP contribution is 2.20. The number of aromatic nitrogens is 2. The van der Waals surface area contributed by atoms with Gasteiger partial charge in [-0.15, -0.1) is 0 Å². The maximum Gasteiger partial charge on any atom is 0.326 e. The number of aliphatic carboxylic acids is 1. The summed E-state index contributed by atoms with van der Waals surface area (Å²) in [5, 5.41) is 18.6. The molecule has 8 heteroatoms. The minimum atomic E-state index is -1.15. The van der Waals surface area contributed by atoms with Crippen molar-refractivity contribution in [3.8, 4) is 0 Å². The monoisotopic (exact) mass is 271 g/mol. The second-order valence-electron chi connectivity index (χ2n) is 3.93. The smallest absolute Gasteiger partial charge is 0.326 e. The molecule has 0 aromatic carbocycles. The zero-order valence-electron chi connectivity index (χ0n) is 9.15. The number of aliphatic hydroxyl groups excluding tert-OH is 1. The lowest BCUT2D eigenvalue weighted by Crippen LogP contribution is -2.41. The van der Waals surface area contributed by atoms with Crippen molar-refractivity contribution in [3.05, 3.63) is 23.2 Å². The number of amides is 1. The van der Waals surface area contributed by atoms with Crippen molar-refractivity contribution in [2.24, 2.45) is 0 Å². The fourth-order valence-corrected chi connectivity index (χ4v) is 1.94. The molecule has 2 N–H and O–H groups in total. The molecule has 0 aliphatic carbocycles. The Kier molecular flexibility index (Phi) is 3.44. The highest BCUT2D eigenvalue weighted by Gasteiger charge is 2.39. The summed E-state index contributed by atoms with van der Waals surface area (Å²) in [6.45, 7) is -0.0277. The van der Waals surface area contributed by atoms with Gasteiger partial charge in [0.2, 0.25) is 0 Å². The number of carbonyl (C=O) groups excluding carboxylic acids is 1. The van der Waals surface area contributed by atoms with Crippen LogP contribution in [-0.2, 0) is 4.79 Å². The summed E-state index contributed by atoms with van der Waals surface area (Å²) < 4.78 is 0. The molecule has 7 nitrogen and oxygen atoms in total. The van der Waals surface area contributed by atoms with E-state index in [9.17, 15) is 14.7 Å². The number of hydrogen-bond acceptors (Lipinski definition) is 5. The van der Waals surface area contributed by atoms with Gasteiger partial charge < -0.3 is 15.1 Å². The highest BCUT2D eigenvalue weighted by atomic mass is 35.5. The number of aliphatic hydroxyl groups is 1. The van der Waals surface area contributed by atoms with Crippen LogP contribution in [0.15, 0.2) is 12.4 Å². The van der Waals surface area contributed by atoms with Crippen molar-refractivity contribution in [2.45, 2.75) is 18.6 Å². The topological polar surface area (TPSA) is 104 Å². The quantitative estimate of drug-likeness (QED) is 0.771. The average molecular weight is 272 g/mol. The Bertz CT molecular complexity index is 479. The Morgan fingerprint density at radius 2 is 2.11 bits per heavy atom. The zero-order valence-corrected chi connectivity index (χ0v) is 9.91. The molecule has 1 saturated heterocycles. The summed E-state index contributed by atoms with van der Waals surface area (Å²) in [6, 6.07) is -1.04. The summed E-state index contributed by atoms with van der Waals surface area (Å²) in [4.78, 5) is 31.6. The average Bonchev–Trinajstić information content (AvgIpc) is 2.71. The number of likely N-dealkylation sites (tertiary alicyclic amines) is 1. The van der Waals surface area contributed by atoms with Crippen LogP contribution < -0.4 is 0 Å². The predicted molar refractivity (Wildman–Crippen MR) is 60.1 cm³/mol. The Hall–Kier alpha value is -1.73. The molecule has 0 radical (unpaired) electrons. The van der Waals surface area contributed by atoms with Crippen molar-refractivity contribution in [1.29, 1.82) is 0 Å². The number of hydrogen-bond donors (Lipinski definition) is 2. The van der Waals surface area contributed by atoms with Crippen LogP contribution in [0.5, 0.6) is 0 Å². The maximum atomic E-state index is 12.0. The van der Waals surface area contributed by atoms with E-state index in [2.05, 4.69) is 9.97 Å². The summed E-state index contributed by atoms with van der Waals surface area (Å²) in [6.07, 6.45) is 1.56. The largest absolute Gasteiger partial charge is 0.480 e. The maximum absolute atomic E-state index is 12.0. The van der Waals surface area contributed by atoms with E-state index in [1.165, 1.54) is 12.4 Å². The van der Waals surface area contributed by atoms with Crippen molar-refractivity contribution >= 4 is 23.5 Å². The van der Waals surface area contributed by atoms with Crippen LogP contribution in [0, 0.1) is 0 Å². The SMILES string of the molecule is O=C(O)[C@@H]1C[C@H](O)CN1C(=O)c1cnc(Cl)cn1. The predicted octanol–water partition coefficient (Wildman–Crippen LogP) is -0.210. The summed E-state index contributed by atoms with van der Waals surface area (Å²) in [5.41, 5.74) is -0.000231. The van der Waals surface area contributed by atoms with Gasteiger partial charge in [0, 0.05) is 13.0 Å². The highest BCUT2D eigenvalue weighted by molar-refractivity contribution is 6.29. The lowest BCUT2D eigenvalue weighted by atomic mass is 10.2. The third kappa shape index (κ3) is 2.41. The van der Waals surface area contributed by atoms with Crippen LogP contribution in [0.2, 0.25) is 5.15 Å². The van der Waals surface area contributed by atoms with Crippen molar-refractivity contribution in [1.82, 2.24) is 14.9 Å². The molecular formula is C10H10ClN3O4. The molecule has 1 aromatic rings. The van der Waals surface area contributed by atoms with E-state index < -0.39 is 24.0 Å². The molecule has 96 valence electrons. The van der Waals surface area contributed by atoms with Gasteiger partial charge in [0.15, 0.2) is 0 Å². The molecule has 1 aliphatic rings. The molecule has 2 rings (SSSR count). The molecule has 1 aliphatic heterocycles. The van der Waals surface area contributed by atoms with Crippen molar-refractivity contribution in [2.75, 3.05) is 6.54 Å². The van der Waals surface area contributed by atoms with Gasteiger partial charge in [0.25, 0.3) is 5.91 Å². The molecule has 2 atom stereocenters. The Labute approximate surface area is 107 Å². The fourth-order valence-electron chi connectivity index (χ4n) is 1.84. The molecule has 1 fully saturated rings. The van der Waals surface area contributed by atoms with E-state index >= 15 is 0 Å². The molecule has 1 amide bonds. The number of carboxylic acids is 1. The lowest BCUT2D eigenvalue weighted by molar-refractivity contribution is -0.141. The normalized spacial score (nSPS) is 23.1. The molecule has 1 aromatic heterocycles. The first-order valence-corrected chi connectivity index (χ1v) is 5.56. The van der Waals surface area contributed by atoms with E-state index in [0.29, 0.717) is 0 Å². The Morgan fingerprint density at radius 3 is 2.67 bits per heavy atom. The van der Waals surface area contributed by atoms with Gasteiger partial charge in [-0.3, -0.25) is 4.79 Å². The van der Waals surface area contributed by atoms with E-state index in [1.54, 1.807) is 0 Å². The van der Waals surface area contributed by atoms with E-state index in [-0.39, 0.29) is 23.8 Å². The van der Waals surface area contributed by atoms with Gasteiger partial charge in [-0.25, -0.2) is 14.8 Å². The van der Waals surface area contributed by atoms with Gasteiger partial charge >= 0.3 is 5.97 Å². The first-order valence-electron chi connectivity index (χ1n) is 5.18. The minimum Gasteiger partial charge on any atom is -0.480 e.